The largest absolute Gasteiger partial charge is 0.456 e. The molecule has 0 radical (unpaired) electrons. The Morgan fingerprint density at radius 3 is 2.28 bits per heavy atom. The lowest BCUT2D eigenvalue weighted by Gasteiger charge is -2.07. The van der Waals surface area contributed by atoms with Crippen molar-refractivity contribution < 1.29 is 14.9 Å². The Bertz CT molecular complexity index is 491. The van der Waals surface area contributed by atoms with Crippen LogP contribution in [0.5, 0.6) is 11.5 Å². The number of hydrogen-bond acceptors (Lipinski definition) is 4. The molecule has 0 fully saturated rings. The summed E-state index contributed by atoms with van der Waals surface area (Å²) < 4.78 is 5.59. The highest BCUT2D eigenvalue weighted by Crippen LogP contribution is 2.22. The number of benzene rings is 1. The van der Waals surface area contributed by atoms with Crippen LogP contribution in [0.15, 0.2) is 42.6 Å². The molecule has 0 aliphatic carbocycles. The molecular formula is C14H15NO3. The first-order valence-corrected chi connectivity index (χ1v) is 5.70. The zero-order valence-corrected chi connectivity index (χ0v) is 10.1. The molecule has 1 aromatic carbocycles. The van der Waals surface area contributed by atoms with Crippen LogP contribution >= 0.6 is 0 Å². The van der Waals surface area contributed by atoms with Gasteiger partial charge in [-0.05, 0) is 36.8 Å². The Labute approximate surface area is 106 Å². The summed E-state index contributed by atoms with van der Waals surface area (Å²) in [6.07, 6.45) is 0.991. The van der Waals surface area contributed by atoms with Gasteiger partial charge in [0.25, 0.3) is 0 Å². The van der Waals surface area contributed by atoms with Gasteiger partial charge in [-0.25, -0.2) is 0 Å². The van der Waals surface area contributed by atoms with Crippen LogP contribution in [0, 0.1) is 0 Å². The predicted octanol–water partition coefficient (Wildman–Crippen LogP) is 2.42. The maximum absolute atomic E-state index is 9.34. The maximum atomic E-state index is 9.34. The van der Waals surface area contributed by atoms with E-state index >= 15 is 0 Å². The first-order chi connectivity index (χ1) is 8.69. The minimum Gasteiger partial charge on any atom is -0.456 e. The van der Waals surface area contributed by atoms with Crippen LogP contribution in [-0.2, 0) is 6.61 Å². The second-order valence-corrected chi connectivity index (χ2v) is 4.00. The zero-order valence-electron chi connectivity index (χ0n) is 10.1. The fraction of sp³-hybridized carbons (Fsp3) is 0.214. The monoisotopic (exact) mass is 245 g/mol. The molecule has 18 heavy (non-hydrogen) atoms. The lowest BCUT2D eigenvalue weighted by atomic mass is 10.2. The number of aliphatic hydroxyl groups is 2. The third-order valence-corrected chi connectivity index (χ3v) is 2.53. The topological polar surface area (TPSA) is 62.6 Å². The van der Waals surface area contributed by atoms with Gasteiger partial charge in [-0.15, -0.1) is 0 Å². The van der Waals surface area contributed by atoms with Crippen LogP contribution < -0.4 is 4.74 Å². The van der Waals surface area contributed by atoms with Gasteiger partial charge in [0.1, 0.15) is 11.5 Å². The van der Waals surface area contributed by atoms with Crippen molar-refractivity contribution in [3.63, 3.8) is 0 Å². The van der Waals surface area contributed by atoms with E-state index in [-0.39, 0.29) is 6.61 Å². The highest BCUT2D eigenvalue weighted by atomic mass is 16.5. The molecule has 0 spiro atoms. The van der Waals surface area contributed by atoms with E-state index in [2.05, 4.69) is 4.98 Å². The number of nitrogens with zero attached hydrogens (tertiary/aromatic N) is 1. The molecule has 0 aliphatic heterocycles. The third-order valence-electron chi connectivity index (χ3n) is 2.53. The molecule has 1 atom stereocenters. The molecule has 0 saturated carbocycles. The van der Waals surface area contributed by atoms with E-state index < -0.39 is 6.10 Å². The van der Waals surface area contributed by atoms with E-state index in [0.29, 0.717) is 17.2 Å². The summed E-state index contributed by atoms with van der Waals surface area (Å²) in [7, 11) is 0. The molecule has 2 aromatic rings. The SMILES string of the molecule is C[C@@H](O)c1ccc(Oc2ccc(CO)cc2)cn1. The first-order valence-electron chi connectivity index (χ1n) is 5.70. The van der Waals surface area contributed by atoms with Crippen molar-refractivity contribution in [3.05, 3.63) is 53.9 Å². The van der Waals surface area contributed by atoms with Crippen molar-refractivity contribution in [2.24, 2.45) is 0 Å². The summed E-state index contributed by atoms with van der Waals surface area (Å²) in [6.45, 7) is 1.68. The molecular weight excluding hydrogens is 230 g/mol. The minimum absolute atomic E-state index is 0.0188. The molecule has 0 saturated heterocycles. The number of pyridine rings is 1. The maximum Gasteiger partial charge on any atom is 0.145 e. The van der Waals surface area contributed by atoms with Crippen molar-refractivity contribution in [1.29, 1.82) is 0 Å². The number of ether oxygens (including phenoxy) is 1. The van der Waals surface area contributed by atoms with Gasteiger partial charge in [0, 0.05) is 0 Å². The van der Waals surface area contributed by atoms with E-state index in [9.17, 15) is 5.11 Å². The summed E-state index contributed by atoms with van der Waals surface area (Å²) in [6, 6.07) is 10.7. The van der Waals surface area contributed by atoms with Gasteiger partial charge < -0.3 is 14.9 Å². The van der Waals surface area contributed by atoms with E-state index in [4.69, 9.17) is 9.84 Å². The number of aromatic nitrogens is 1. The lowest BCUT2D eigenvalue weighted by Crippen LogP contribution is -1.95. The van der Waals surface area contributed by atoms with Crippen LogP contribution in [0.1, 0.15) is 24.3 Å². The van der Waals surface area contributed by atoms with Crippen LogP contribution in [-0.4, -0.2) is 15.2 Å². The second-order valence-electron chi connectivity index (χ2n) is 4.00. The van der Waals surface area contributed by atoms with Gasteiger partial charge in [-0.1, -0.05) is 12.1 Å². The van der Waals surface area contributed by atoms with Gasteiger partial charge in [0.2, 0.25) is 0 Å². The smallest absolute Gasteiger partial charge is 0.145 e. The van der Waals surface area contributed by atoms with Crippen molar-refractivity contribution in [3.8, 4) is 11.5 Å². The Balaban J connectivity index is 2.08. The van der Waals surface area contributed by atoms with E-state index in [1.54, 1.807) is 49.5 Å². The van der Waals surface area contributed by atoms with Crippen LogP contribution in [0.25, 0.3) is 0 Å². The van der Waals surface area contributed by atoms with Crippen molar-refractivity contribution in [2.45, 2.75) is 19.6 Å². The Kier molecular flexibility index (Phi) is 3.92. The molecule has 0 aliphatic rings. The molecule has 4 heteroatoms. The zero-order chi connectivity index (χ0) is 13.0. The number of hydrogen-bond donors (Lipinski definition) is 2. The van der Waals surface area contributed by atoms with E-state index in [1.165, 1.54) is 0 Å². The highest BCUT2D eigenvalue weighted by Gasteiger charge is 2.03. The standard InChI is InChI=1S/C14H15NO3/c1-10(17)14-7-6-13(8-15-14)18-12-4-2-11(9-16)3-5-12/h2-8,10,16-17H,9H2,1H3/t10-/m1/s1. The summed E-state index contributed by atoms with van der Waals surface area (Å²) in [5.74, 6) is 1.29. The summed E-state index contributed by atoms with van der Waals surface area (Å²) in [4.78, 5) is 4.09. The molecule has 0 amide bonds. The Hall–Kier alpha value is -1.91. The van der Waals surface area contributed by atoms with Crippen molar-refractivity contribution >= 4 is 0 Å². The molecule has 0 unspecified atom stereocenters. The lowest BCUT2D eigenvalue weighted by molar-refractivity contribution is 0.194. The molecule has 1 heterocycles. The Morgan fingerprint density at radius 2 is 1.78 bits per heavy atom. The second kappa shape index (κ2) is 5.62. The van der Waals surface area contributed by atoms with Gasteiger partial charge in [-0.2, -0.15) is 0 Å². The van der Waals surface area contributed by atoms with Gasteiger partial charge in [-0.3, -0.25) is 4.98 Å². The molecule has 1 aromatic heterocycles. The quantitative estimate of drug-likeness (QED) is 0.868. The molecule has 94 valence electrons. The summed E-state index contributed by atoms with van der Waals surface area (Å²) in [5, 5.41) is 18.3. The van der Waals surface area contributed by atoms with Crippen molar-refractivity contribution in [2.75, 3.05) is 0 Å². The van der Waals surface area contributed by atoms with E-state index in [1.807, 2.05) is 0 Å². The average molecular weight is 245 g/mol. The highest BCUT2D eigenvalue weighted by molar-refractivity contribution is 5.32. The third kappa shape index (κ3) is 3.06. The Morgan fingerprint density at radius 1 is 1.11 bits per heavy atom. The van der Waals surface area contributed by atoms with Gasteiger partial charge >= 0.3 is 0 Å². The fourth-order valence-corrected chi connectivity index (χ4v) is 1.50. The number of aliphatic hydroxyl groups excluding tert-OH is 2. The van der Waals surface area contributed by atoms with Crippen LogP contribution in [0.2, 0.25) is 0 Å². The van der Waals surface area contributed by atoms with E-state index in [0.717, 1.165) is 5.56 Å². The van der Waals surface area contributed by atoms with Gasteiger partial charge in [0.15, 0.2) is 0 Å². The molecule has 2 rings (SSSR count). The fourth-order valence-electron chi connectivity index (χ4n) is 1.50. The van der Waals surface area contributed by atoms with Gasteiger partial charge in [0.05, 0.1) is 24.6 Å². The normalized spacial score (nSPS) is 12.2. The summed E-state index contributed by atoms with van der Waals surface area (Å²) in [5.41, 5.74) is 1.45. The predicted molar refractivity (Wildman–Crippen MR) is 67.3 cm³/mol. The molecule has 4 nitrogen and oxygen atoms in total. The van der Waals surface area contributed by atoms with Crippen LogP contribution in [0.3, 0.4) is 0 Å². The minimum atomic E-state index is -0.581. The molecule has 2 N–H and O–H groups in total. The van der Waals surface area contributed by atoms with Crippen molar-refractivity contribution in [1.82, 2.24) is 4.98 Å². The first kappa shape index (κ1) is 12.5. The summed E-state index contributed by atoms with van der Waals surface area (Å²) >= 11 is 0. The number of rotatable bonds is 4. The average Bonchev–Trinajstić information content (AvgIpc) is 2.40. The molecule has 0 bridgehead atoms. The van der Waals surface area contributed by atoms with Crippen LogP contribution in [0.4, 0.5) is 0 Å².